The van der Waals surface area contributed by atoms with E-state index in [4.69, 9.17) is 15.2 Å². The van der Waals surface area contributed by atoms with E-state index >= 15 is 0 Å². The van der Waals surface area contributed by atoms with Crippen LogP contribution in [0.3, 0.4) is 0 Å². The van der Waals surface area contributed by atoms with Gasteiger partial charge in [-0.3, -0.25) is 14.6 Å². The average molecular weight is 416 g/mol. The van der Waals surface area contributed by atoms with E-state index in [2.05, 4.69) is 4.98 Å². The second-order valence-corrected chi connectivity index (χ2v) is 7.80. The molecule has 0 aliphatic carbocycles. The predicted molar refractivity (Wildman–Crippen MR) is 117 cm³/mol. The molecule has 0 saturated carbocycles. The number of pyridine rings is 1. The number of primary amides is 1. The molecule has 1 atom stereocenters. The summed E-state index contributed by atoms with van der Waals surface area (Å²) in [7, 11) is 0. The second-order valence-electron chi connectivity index (χ2n) is 7.80. The molecule has 2 N–H and O–H groups in total. The minimum Gasteiger partial charge on any atom is -0.492 e. The van der Waals surface area contributed by atoms with Crippen molar-refractivity contribution < 1.29 is 19.1 Å². The summed E-state index contributed by atoms with van der Waals surface area (Å²) in [6.07, 6.45) is 3.36. The quantitative estimate of drug-likeness (QED) is 0.641. The van der Waals surface area contributed by atoms with E-state index in [0.29, 0.717) is 35.7 Å². The third-order valence-corrected chi connectivity index (χ3v) is 5.36. The van der Waals surface area contributed by atoms with Gasteiger partial charge in [-0.2, -0.15) is 0 Å². The van der Waals surface area contributed by atoms with Gasteiger partial charge in [-0.1, -0.05) is 26.0 Å². The van der Waals surface area contributed by atoms with Crippen molar-refractivity contribution in [2.75, 3.05) is 6.61 Å². The van der Waals surface area contributed by atoms with Gasteiger partial charge in [-0.05, 0) is 53.4 Å². The van der Waals surface area contributed by atoms with Crippen molar-refractivity contribution in [3.8, 4) is 11.5 Å². The fourth-order valence-electron chi connectivity index (χ4n) is 3.80. The van der Waals surface area contributed by atoms with E-state index < -0.39 is 12.0 Å². The van der Waals surface area contributed by atoms with E-state index in [9.17, 15) is 9.59 Å². The summed E-state index contributed by atoms with van der Waals surface area (Å²) in [6, 6.07) is 14.4. The Morgan fingerprint density at radius 3 is 2.35 bits per heavy atom. The Morgan fingerprint density at radius 2 is 1.71 bits per heavy atom. The first kappa shape index (κ1) is 20.6. The highest BCUT2D eigenvalue weighted by atomic mass is 16.5. The van der Waals surface area contributed by atoms with Crippen LogP contribution in [0.4, 0.5) is 0 Å². The van der Waals surface area contributed by atoms with Gasteiger partial charge in [0.15, 0.2) is 5.78 Å². The summed E-state index contributed by atoms with van der Waals surface area (Å²) in [4.78, 5) is 27.9. The first-order valence-electron chi connectivity index (χ1n) is 10.2. The van der Waals surface area contributed by atoms with Crippen LogP contribution in [0, 0.1) is 0 Å². The molecule has 2 heterocycles. The number of benzene rings is 2. The molecule has 0 saturated heterocycles. The molecule has 0 bridgehead atoms. The van der Waals surface area contributed by atoms with E-state index in [1.165, 1.54) is 0 Å². The smallest absolute Gasteiger partial charge is 0.248 e. The van der Waals surface area contributed by atoms with Crippen molar-refractivity contribution in [1.29, 1.82) is 0 Å². The number of carbonyl (C=O) groups is 2. The van der Waals surface area contributed by atoms with Gasteiger partial charge >= 0.3 is 0 Å². The SMILES string of the molecule is CC(C)c1c(OC(c2ccncc2)c2ccc(C(N)=O)cc2)ccc2c1OCCC2=O. The van der Waals surface area contributed by atoms with Crippen LogP contribution in [-0.4, -0.2) is 23.3 Å². The highest BCUT2D eigenvalue weighted by Crippen LogP contribution is 2.42. The molecule has 6 heteroatoms. The summed E-state index contributed by atoms with van der Waals surface area (Å²) in [6.45, 7) is 4.47. The Kier molecular flexibility index (Phi) is 5.71. The molecule has 1 aliphatic rings. The third kappa shape index (κ3) is 4.14. The fourth-order valence-corrected chi connectivity index (χ4v) is 3.80. The Balaban J connectivity index is 1.79. The molecule has 2 aromatic carbocycles. The number of nitrogens with two attached hydrogens (primary N) is 1. The van der Waals surface area contributed by atoms with Crippen LogP contribution in [0.2, 0.25) is 0 Å². The molecule has 0 radical (unpaired) electrons. The van der Waals surface area contributed by atoms with Gasteiger partial charge < -0.3 is 15.2 Å². The maximum Gasteiger partial charge on any atom is 0.248 e. The third-order valence-electron chi connectivity index (χ3n) is 5.36. The standard InChI is InChI=1S/C25H24N2O4/c1-15(2)22-21(8-7-19-20(28)11-14-30-24(19)22)31-23(17-9-12-27-13-10-17)16-3-5-18(6-4-16)25(26)29/h3-10,12-13,15,23H,11,14H2,1-2H3,(H2,26,29). The van der Waals surface area contributed by atoms with Crippen LogP contribution in [-0.2, 0) is 0 Å². The van der Waals surface area contributed by atoms with Gasteiger partial charge in [0.25, 0.3) is 0 Å². The molecule has 158 valence electrons. The minimum atomic E-state index is -0.480. The number of ketones is 1. The summed E-state index contributed by atoms with van der Waals surface area (Å²) in [5.41, 5.74) is 9.06. The Hall–Kier alpha value is -3.67. The van der Waals surface area contributed by atoms with Gasteiger partial charge in [-0.25, -0.2) is 0 Å². The highest BCUT2D eigenvalue weighted by Gasteiger charge is 2.27. The van der Waals surface area contributed by atoms with Crippen molar-refractivity contribution in [3.05, 3.63) is 88.7 Å². The summed E-state index contributed by atoms with van der Waals surface area (Å²) >= 11 is 0. The lowest BCUT2D eigenvalue weighted by atomic mass is 9.93. The number of amides is 1. The minimum absolute atomic E-state index is 0.0856. The maximum absolute atomic E-state index is 12.4. The number of Topliss-reactive ketones (excluding diaryl/α,β-unsaturated/α-hetero) is 1. The number of carbonyl (C=O) groups excluding carboxylic acids is 2. The number of hydrogen-bond acceptors (Lipinski definition) is 5. The zero-order chi connectivity index (χ0) is 22.0. The number of hydrogen-bond donors (Lipinski definition) is 1. The molecule has 1 amide bonds. The van der Waals surface area contributed by atoms with Crippen LogP contribution in [0.25, 0.3) is 0 Å². The van der Waals surface area contributed by atoms with Gasteiger partial charge in [0.1, 0.15) is 17.6 Å². The fraction of sp³-hybridized carbons (Fsp3) is 0.240. The number of fused-ring (bicyclic) bond motifs is 1. The molecule has 6 nitrogen and oxygen atoms in total. The zero-order valence-electron chi connectivity index (χ0n) is 17.5. The number of nitrogens with zero attached hydrogens (tertiary/aromatic N) is 1. The molecular formula is C25H24N2O4. The maximum atomic E-state index is 12.4. The molecular weight excluding hydrogens is 392 g/mol. The van der Waals surface area contributed by atoms with E-state index in [-0.39, 0.29) is 11.7 Å². The first-order valence-corrected chi connectivity index (χ1v) is 10.2. The van der Waals surface area contributed by atoms with Gasteiger partial charge in [0.05, 0.1) is 12.2 Å². The molecule has 31 heavy (non-hydrogen) atoms. The number of aromatic nitrogens is 1. The van der Waals surface area contributed by atoms with Gasteiger partial charge in [0, 0.05) is 29.9 Å². The molecule has 0 fully saturated rings. The molecule has 3 aromatic rings. The van der Waals surface area contributed by atoms with Crippen molar-refractivity contribution in [3.63, 3.8) is 0 Å². The van der Waals surface area contributed by atoms with Crippen molar-refractivity contribution >= 4 is 11.7 Å². The van der Waals surface area contributed by atoms with Crippen LogP contribution >= 0.6 is 0 Å². The summed E-state index contributed by atoms with van der Waals surface area (Å²) in [5, 5.41) is 0. The van der Waals surface area contributed by atoms with E-state index in [0.717, 1.165) is 16.7 Å². The van der Waals surface area contributed by atoms with Gasteiger partial charge in [-0.15, -0.1) is 0 Å². The highest BCUT2D eigenvalue weighted by molar-refractivity contribution is 6.00. The van der Waals surface area contributed by atoms with Crippen molar-refractivity contribution in [1.82, 2.24) is 4.98 Å². The zero-order valence-corrected chi connectivity index (χ0v) is 17.5. The summed E-state index contributed by atoms with van der Waals surface area (Å²) < 4.78 is 12.4. The van der Waals surface area contributed by atoms with Crippen LogP contribution < -0.4 is 15.2 Å². The number of ether oxygens (including phenoxy) is 2. The average Bonchev–Trinajstić information content (AvgIpc) is 2.78. The molecule has 1 aliphatic heterocycles. The van der Waals surface area contributed by atoms with E-state index in [1.807, 2.05) is 44.2 Å². The normalized spacial score (nSPS) is 14.0. The molecule has 4 rings (SSSR count). The van der Waals surface area contributed by atoms with Gasteiger partial charge in [0.2, 0.25) is 5.91 Å². The molecule has 1 aromatic heterocycles. The first-order chi connectivity index (χ1) is 15.0. The molecule has 1 unspecified atom stereocenters. The van der Waals surface area contributed by atoms with Crippen molar-refractivity contribution in [2.45, 2.75) is 32.3 Å². The predicted octanol–water partition coefficient (Wildman–Crippen LogP) is 4.44. The van der Waals surface area contributed by atoms with E-state index in [1.54, 1.807) is 30.6 Å². The van der Waals surface area contributed by atoms with Crippen LogP contribution in [0.5, 0.6) is 11.5 Å². The van der Waals surface area contributed by atoms with Crippen LogP contribution in [0.1, 0.15) is 69.7 Å². The Labute approximate surface area is 181 Å². The summed E-state index contributed by atoms with van der Waals surface area (Å²) in [5.74, 6) is 0.964. The Bertz CT molecular complexity index is 1110. The lowest BCUT2D eigenvalue weighted by molar-refractivity contribution is 0.0930. The molecule has 0 spiro atoms. The van der Waals surface area contributed by atoms with Crippen LogP contribution in [0.15, 0.2) is 60.9 Å². The Morgan fingerprint density at radius 1 is 1.03 bits per heavy atom. The van der Waals surface area contributed by atoms with Crippen molar-refractivity contribution in [2.24, 2.45) is 5.73 Å². The largest absolute Gasteiger partial charge is 0.492 e. The topological polar surface area (TPSA) is 91.5 Å². The monoisotopic (exact) mass is 416 g/mol. The second kappa shape index (κ2) is 8.60. The lowest BCUT2D eigenvalue weighted by Crippen LogP contribution is -2.18. The number of rotatable bonds is 6. The lowest BCUT2D eigenvalue weighted by Gasteiger charge is -2.27.